The van der Waals surface area contributed by atoms with E-state index in [4.69, 9.17) is 15.3 Å². The Bertz CT molecular complexity index is 1180. The highest BCUT2D eigenvalue weighted by Gasteiger charge is 2.41. The molecule has 1 saturated carbocycles. The number of hydrogen-bond donors (Lipinski definition) is 1. The van der Waals surface area contributed by atoms with Crippen molar-refractivity contribution in [2.75, 3.05) is 5.73 Å². The van der Waals surface area contributed by atoms with Crippen LogP contribution < -0.4 is 11.3 Å². The highest BCUT2D eigenvalue weighted by molar-refractivity contribution is 6.05. The molecule has 6 nitrogen and oxygen atoms in total. The summed E-state index contributed by atoms with van der Waals surface area (Å²) >= 11 is 0. The molecule has 0 aliphatic heterocycles. The Morgan fingerprint density at radius 1 is 1.41 bits per heavy atom. The monoisotopic (exact) mass is 306 g/mol. The normalized spacial score (nSPS) is 31.5. The molecular formula is C16H17N3O3. The summed E-state index contributed by atoms with van der Waals surface area (Å²) in [7, 11) is 0. The van der Waals surface area contributed by atoms with Crippen molar-refractivity contribution in [3.63, 3.8) is 0 Å². The molecule has 0 unspecified atom stereocenters. The van der Waals surface area contributed by atoms with Gasteiger partial charge in [-0.1, -0.05) is 6.04 Å². The zero-order valence-corrected chi connectivity index (χ0v) is 11.9. The standard InChI is InChI=1S/C16H17N3O3/c1-9-18-12-5-3-4-11(17)14(12)15(22)19(9)16(2)7-6-10(20)8-13(16)21/h3-5H,6-8,17H2,1-2H3/t16-/m0/s1/i3D,4D,5D,6D2,7D2. The Kier molecular flexibility index (Phi) is 1.78. The lowest BCUT2D eigenvalue weighted by atomic mass is 9.81. The quantitative estimate of drug-likeness (QED) is 0.633. The molecule has 1 aliphatic rings. The van der Waals surface area contributed by atoms with E-state index in [1.165, 1.54) is 6.92 Å². The number of fused-ring (bicyclic) bond motifs is 1. The van der Waals surface area contributed by atoms with E-state index in [0.717, 1.165) is 6.92 Å². The molecule has 1 aliphatic carbocycles. The lowest BCUT2D eigenvalue weighted by Gasteiger charge is -2.34. The van der Waals surface area contributed by atoms with Crippen LogP contribution in [0.25, 0.3) is 10.9 Å². The van der Waals surface area contributed by atoms with Gasteiger partial charge in [0.1, 0.15) is 17.1 Å². The topological polar surface area (TPSA) is 95.0 Å². The minimum atomic E-state index is -3.12. The van der Waals surface area contributed by atoms with Gasteiger partial charge in [0.2, 0.25) is 0 Å². The summed E-state index contributed by atoms with van der Waals surface area (Å²) in [5, 5.41) is -0.441. The van der Waals surface area contributed by atoms with Crippen LogP contribution in [0, 0.1) is 6.92 Å². The molecule has 2 aromatic rings. The van der Waals surface area contributed by atoms with E-state index in [9.17, 15) is 14.4 Å². The Morgan fingerprint density at radius 2 is 2.14 bits per heavy atom. The van der Waals surface area contributed by atoms with Crippen LogP contribution in [-0.4, -0.2) is 21.1 Å². The number of benzene rings is 1. The highest BCUT2D eigenvalue weighted by Crippen LogP contribution is 2.30. The molecule has 1 fully saturated rings. The minimum Gasteiger partial charge on any atom is -0.398 e. The van der Waals surface area contributed by atoms with E-state index in [2.05, 4.69) is 4.98 Å². The smallest absolute Gasteiger partial charge is 0.264 e. The van der Waals surface area contributed by atoms with Crippen LogP contribution in [-0.2, 0) is 15.1 Å². The number of nitrogens with two attached hydrogens (primary N) is 1. The number of nitrogens with zero attached hydrogens (tertiary/aromatic N) is 2. The van der Waals surface area contributed by atoms with Crippen molar-refractivity contribution in [3.05, 3.63) is 34.3 Å². The molecule has 1 aromatic carbocycles. The van der Waals surface area contributed by atoms with Crippen LogP contribution >= 0.6 is 0 Å². The van der Waals surface area contributed by atoms with Gasteiger partial charge in [0.05, 0.1) is 21.4 Å². The zero-order chi connectivity index (χ0) is 22.3. The highest BCUT2D eigenvalue weighted by atomic mass is 16.2. The number of hydrogen-bond acceptors (Lipinski definition) is 5. The maximum absolute atomic E-state index is 13.3. The first kappa shape index (κ1) is 8.22. The van der Waals surface area contributed by atoms with Crippen molar-refractivity contribution in [1.29, 1.82) is 0 Å². The average Bonchev–Trinajstić information content (AvgIpc) is 2.62. The number of anilines is 1. The van der Waals surface area contributed by atoms with E-state index in [-0.39, 0.29) is 11.3 Å². The lowest BCUT2D eigenvalue weighted by molar-refractivity contribution is -0.136. The van der Waals surface area contributed by atoms with Gasteiger partial charge < -0.3 is 5.73 Å². The molecule has 0 spiro atoms. The van der Waals surface area contributed by atoms with Crippen molar-refractivity contribution in [3.8, 4) is 0 Å². The SMILES string of the molecule is [2H]c1c([2H])c(N)c2c(=O)n([C@]3(C)C(=O)CC(=O)C([2H])([2H])C3([2H])[2H])c(C)nc2c1[2H]. The molecule has 1 heterocycles. The second-order valence-corrected chi connectivity index (χ2v) is 5.16. The fourth-order valence-corrected chi connectivity index (χ4v) is 2.51. The number of rotatable bonds is 1. The van der Waals surface area contributed by atoms with Gasteiger partial charge in [-0.2, -0.15) is 0 Å². The first-order chi connectivity index (χ1) is 13.1. The van der Waals surface area contributed by atoms with Crippen molar-refractivity contribution in [2.24, 2.45) is 0 Å². The Morgan fingerprint density at radius 3 is 2.86 bits per heavy atom. The van der Waals surface area contributed by atoms with E-state index in [1.54, 1.807) is 0 Å². The molecule has 2 N–H and O–H groups in total. The fraction of sp³-hybridized carbons (Fsp3) is 0.375. The van der Waals surface area contributed by atoms with Gasteiger partial charge >= 0.3 is 0 Å². The van der Waals surface area contributed by atoms with E-state index in [1.807, 2.05) is 0 Å². The number of nitrogen functional groups attached to an aromatic ring is 1. The van der Waals surface area contributed by atoms with Gasteiger partial charge in [0, 0.05) is 17.5 Å². The van der Waals surface area contributed by atoms with Crippen LogP contribution in [0.5, 0.6) is 0 Å². The third-order valence-electron chi connectivity index (χ3n) is 3.65. The van der Waals surface area contributed by atoms with Crippen LogP contribution in [0.3, 0.4) is 0 Å². The molecule has 0 bridgehead atoms. The van der Waals surface area contributed by atoms with Crippen molar-refractivity contribution in [1.82, 2.24) is 9.55 Å². The first-order valence-electron chi connectivity index (χ1n) is 9.98. The molecule has 1 aromatic heterocycles. The van der Waals surface area contributed by atoms with Crippen LogP contribution in [0.15, 0.2) is 22.9 Å². The largest absolute Gasteiger partial charge is 0.398 e. The van der Waals surface area contributed by atoms with Gasteiger partial charge in [-0.15, -0.1) is 0 Å². The van der Waals surface area contributed by atoms with Crippen molar-refractivity contribution in [2.45, 2.75) is 38.6 Å². The van der Waals surface area contributed by atoms with Crippen LogP contribution in [0.1, 0.15) is 41.5 Å². The fourth-order valence-electron chi connectivity index (χ4n) is 2.51. The van der Waals surface area contributed by atoms with Crippen molar-refractivity contribution >= 4 is 28.2 Å². The summed E-state index contributed by atoms with van der Waals surface area (Å²) in [6, 6.07) is -1.66. The summed E-state index contributed by atoms with van der Waals surface area (Å²) in [5.74, 6) is -2.47. The maximum Gasteiger partial charge on any atom is 0.264 e. The van der Waals surface area contributed by atoms with E-state index in [0.29, 0.717) is 4.57 Å². The molecule has 22 heavy (non-hydrogen) atoms. The number of aromatic nitrogens is 2. The number of aryl methyl sites for hydroxylation is 1. The third kappa shape index (κ3) is 1.94. The molecule has 0 radical (unpaired) electrons. The number of Topliss-reactive ketones (excluding diaryl/α,β-unsaturated/α-hetero) is 2. The van der Waals surface area contributed by atoms with Crippen molar-refractivity contribution < 1.29 is 19.2 Å². The third-order valence-corrected chi connectivity index (χ3v) is 3.65. The minimum absolute atomic E-state index is 0.225. The Labute approximate surface area is 136 Å². The van der Waals surface area contributed by atoms with Crippen LogP contribution in [0.4, 0.5) is 5.69 Å². The molecule has 0 amide bonds. The second-order valence-electron chi connectivity index (χ2n) is 5.16. The van der Waals surface area contributed by atoms with Gasteiger partial charge in [-0.3, -0.25) is 19.0 Å². The number of ketones is 2. The number of carbonyl (C=O) groups excluding carboxylic acids is 2. The molecule has 1 atom stereocenters. The molecular weight excluding hydrogens is 282 g/mol. The second kappa shape index (κ2) is 4.76. The molecule has 0 saturated heterocycles. The molecule has 6 heteroatoms. The predicted octanol–water partition coefficient (Wildman–Crippen LogP) is 1.32. The summed E-state index contributed by atoms with van der Waals surface area (Å²) < 4.78 is 56.6. The van der Waals surface area contributed by atoms with E-state index >= 15 is 0 Å². The van der Waals surface area contributed by atoms with Gasteiger partial charge in [-0.05, 0) is 32.3 Å². The predicted molar refractivity (Wildman–Crippen MR) is 82.7 cm³/mol. The van der Waals surface area contributed by atoms with Crippen LogP contribution in [0.2, 0.25) is 0 Å². The van der Waals surface area contributed by atoms with Gasteiger partial charge in [0.25, 0.3) is 5.56 Å². The summed E-state index contributed by atoms with van der Waals surface area (Å²) in [4.78, 5) is 42.1. The van der Waals surface area contributed by atoms with Gasteiger partial charge in [-0.25, -0.2) is 4.98 Å². The number of carbonyl (C=O) groups is 2. The molecule has 114 valence electrons. The zero-order valence-electron chi connectivity index (χ0n) is 18.9. The summed E-state index contributed by atoms with van der Waals surface area (Å²) in [6.45, 7) is 2.27. The maximum atomic E-state index is 13.3. The van der Waals surface area contributed by atoms with E-state index < -0.39 is 71.0 Å². The summed E-state index contributed by atoms with van der Waals surface area (Å²) in [5.41, 5.74) is 1.56. The van der Waals surface area contributed by atoms with Gasteiger partial charge in [0.15, 0.2) is 5.78 Å². The lowest BCUT2D eigenvalue weighted by Crippen LogP contribution is -2.49. The Balaban J connectivity index is 2.52. The average molecular weight is 306 g/mol. The molecule has 3 rings (SSSR count). The Hall–Kier alpha value is -2.50. The summed E-state index contributed by atoms with van der Waals surface area (Å²) in [6.07, 6.45) is -7.09. The first-order valence-corrected chi connectivity index (χ1v) is 6.48.